The molecular weight excluding hydrogens is 260 g/mol. The molecule has 20 heavy (non-hydrogen) atoms. The molecule has 2 bridgehead atoms. The second-order valence-electron chi connectivity index (χ2n) is 6.86. The number of esters is 3. The summed E-state index contributed by atoms with van der Waals surface area (Å²) in [6.07, 6.45) is 2.57. The van der Waals surface area contributed by atoms with E-state index in [1.165, 1.54) is 6.92 Å². The molecule has 1 heterocycles. The minimum absolute atomic E-state index is 0.161. The minimum atomic E-state index is -0.541. The lowest BCUT2D eigenvalue weighted by Crippen LogP contribution is -2.56. The van der Waals surface area contributed by atoms with Gasteiger partial charge in [0.1, 0.15) is 5.76 Å². The van der Waals surface area contributed by atoms with Crippen LogP contribution in [-0.4, -0.2) is 17.9 Å². The zero-order valence-electron chi connectivity index (χ0n) is 12.1. The molecule has 0 N–H and O–H groups in total. The molecule has 4 atom stereocenters. The molecule has 0 amide bonds. The number of allylic oxidation sites excluding steroid dienone is 2. The van der Waals surface area contributed by atoms with Crippen LogP contribution in [0.2, 0.25) is 0 Å². The first-order valence-electron chi connectivity index (χ1n) is 6.84. The lowest BCUT2D eigenvalue weighted by atomic mass is 9.45. The molecule has 1 aliphatic heterocycles. The van der Waals surface area contributed by atoms with Crippen LogP contribution < -0.4 is 0 Å². The van der Waals surface area contributed by atoms with E-state index in [0.29, 0.717) is 12.2 Å². The van der Waals surface area contributed by atoms with Crippen molar-refractivity contribution in [3.63, 3.8) is 0 Å². The SMILES string of the molecule is CC(=O)OC1=CC2(C)C3C(=O)OC(=O)C3C1CC2(C)C. The quantitative estimate of drug-likeness (QED) is 0.540. The monoisotopic (exact) mass is 278 g/mol. The van der Waals surface area contributed by atoms with Crippen LogP contribution in [0.25, 0.3) is 0 Å². The summed E-state index contributed by atoms with van der Waals surface area (Å²) in [6.45, 7) is 7.44. The van der Waals surface area contributed by atoms with E-state index in [-0.39, 0.29) is 11.3 Å². The largest absolute Gasteiger partial charge is 0.431 e. The average molecular weight is 278 g/mol. The van der Waals surface area contributed by atoms with Crippen molar-refractivity contribution in [2.75, 3.05) is 0 Å². The number of fused-ring (bicyclic) bond motifs is 1. The Labute approximate surface area is 117 Å². The fourth-order valence-corrected chi connectivity index (χ4v) is 4.08. The molecular formula is C15H18O5. The van der Waals surface area contributed by atoms with Gasteiger partial charge in [-0.1, -0.05) is 20.8 Å². The number of hydrogen-bond acceptors (Lipinski definition) is 5. The Morgan fingerprint density at radius 2 is 1.95 bits per heavy atom. The van der Waals surface area contributed by atoms with Crippen LogP contribution in [-0.2, 0) is 23.9 Å². The fraction of sp³-hybridized carbons (Fsp3) is 0.667. The Balaban J connectivity index is 2.14. The molecule has 0 spiro atoms. The average Bonchev–Trinajstić information content (AvgIpc) is 2.58. The highest BCUT2D eigenvalue weighted by Gasteiger charge is 2.68. The number of ether oxygens (including phenoxy) is 2. The van der Waals surface area contributed by atoms with E-state index in [2.05, 4.69) is 13.8 Å². The van der Waals surface area contributed by atoms with Crippen LogP contribution in [0.15, 0.2) is 11.8 Å². The van der Waals surface area contributed by atoms with Crippen molar-refractivity contribution in [1.82, 2.24) is 0 Å². The summed E-state index contributed by atoms with van der Waals surface area (Å²) < 4.78 is 10.1. The fourth-order valence-electron chi connectivity index (χ4n) is 4.08. The second kappa shape index (κ2) is 3.71. The molecule has 3 aliphatic carbocycles. The van der Waals surface area contributed by atoms with Crippen molar-refractivity contribution in [2.24, 2.45) is 28.6 Å². The first-order valence-corrected chi connectivity index (χ1v) is 6.84. The molecule has 0 aromatic heterocycles. The Bertz CT molecular complexity index is 559. The van der Waals surface area contributed by atoms with E-state index in [1.807, 2.05) is 13.0 Å². The molecule has 0 aromatic carbocycles. The number of carbonyl (C=O) groups is 3. The second-order valence-corrected chi connectivity index (χ2v) is 6.86. The third kappa shape index (κ3) is 1.46. The van der Waals surface area contributed by atoms with Gasteiger partial charge in [0.25, 0.3) is 0 Å². The molecule has 5 nitrogen and oxygen atoms in total. The predicted molar refractivity (Wildman–Crippen MR) is 67.9 cm³/mol. The van der Waals surface area contributed by atoms with Gasteiger partial charge in [0, 0.05) is 18.3 Å². The minimum Gasteiger partial charge on any atom is -0.431 e. The molecule has 4 aliphatic rings. The van der Waals surface area contributed by atoms with Gasteiger partial charge < -0.3 is 9.47 Å². The summed E-state index contributed by atoms with van der Waals surface area (Å²) in [7, 11) is 0. The maximum absolute atomic E-state index is 12.1. The maximum atomic E-state index is 12.1. The van der Waals surface area contributed by atoms with Gasteiger partial charge in [-0.05, 0) is 17.9 Å². The number of hydrogen-bond donors (Lipinski definition) is 0. The molecule has 1 saturated heterocycles. The molecule has 4 unspecified atom stereocenters. The van der Waals surface area contributed by atoms with E-state index in [0.717, 1.165) is 0 Å². The molecule has 1 saturated carbocycles. The highest BCUT2D eigenvalue weighted by atomic mass is 16.6. The van der Waals surface area contributed by atoms with Crippen molar-refractivity contribution in [1.29, 1.82) is 0 Å². The van der Waals surface area contributed by atoms with Gasteiger partial charge in [0.05, 0.1) is 11.8 Å². The molecule has 4 rings (SSSR count). The van der Waals surface area contributed by atoms with Crippen LogP contribution in [0.5, 0.6) is 0 Å². The molecule has 108 valence electrons. The zero-order chi connectivity index (χ0) is 14.9. The summed E-state index contributed by atoms with van der Waals surface area (Å²) in [5.41, 5.74) is -0.702. The van der Waals surface area contributed by atoms with Crippen LogP contribution in [0.1, 0.15) is 34.1 Å². The smallest absolute Gasteiger partial charge is 0.318 e. The Kier molecular flexibility index (Phi) is 2.48. The van der Waals surface area contributed by atoms with Gasteiger partial charge >= 0.3 is 17.9 Å². The van der Waals surface area contributed by atoms with Crippen molar-refractivity contribution in [3.05, 3.63) is 11.8 Å². The van der Waals surface area contributed by atoms with Gasteiger partial charge in [0.15, 0.2) is 0 Å². The van der Waals surface area contributed by atoms with Gasteiger partial charge in [-0.3, -0.25) is 14.4 Å². The summed E-state index contributed by atoms with van der Waals surface area (Å²) in [5, 5.41) is 0. The number of cyclic esters (lactones) is 2. The molecule has 0 radical (unpaired) electrons. The van der Waals surface area contributed by atoms with E-state index in [4.69, 9.17) is 9.47 Å². The van der Waals surface area contributed by atoms with Crippen LogP contribution in [0.3, 0.4) is 0 Å². The van der Waals surface area contributed by atoms with E-state index < -0.39 is 35.2 Å². The Morgan fingerprint density at radius 1 is 1.30 bits per heavy atom. The number of rotatable bonds is 1. The van der Waals surface area contributed by atoms with Crippen molar-refractivity contribution >= 4 is 17.9 Å². The van der Waals surface area contributed by atoms with Gasteiger partial charge in [-0.25, -0.2) is 0 Å². The standard InChI is InChI=1S/C15H18O5/c1-7(16)19-9-6-15(4)11-10(12(17)20-13(11)18)8(9)5-14(15,2)3/h6,8,10-11H,5H2,1-4H3. The van der Waals surface area contributed by atoms with Crippen molar-refractivity contribution in [2.45, 2.75) is 34.1 Å². The number of carbonyl (C=O) groups excluding carboxylic acids is 3. The summed E-state index contributed by atoms with van der Waals surface area (Å²) in [4.78, 5) is 35.3. The third-order valence-corrected chi connectivity index (χ3v) is 5.42. The summed E-state index contributed by atoms with van der Waals surface area (Å²) in [6, 6.07) is 0. The van der Waals surface area contributed by atoms with Crippen molar-refractivity contribution < 1.29 is 23.9 Å². The lowest BCUT2D eigenvalue weighted by Gasteiger charge is -2.57. The third-order valence-electron chi connectivity index (χ3n) is 5.42. The first kappa shape index (κ1) is 13.3. The summed E-state index contributed by atoms with van der Waals surface area (Å²) >= 11 is 0. The zero-order valence-corrected chi connectivity index (χ0v) is 12.1. The lowest BCUT2D eigenvalue weighted by molar-refractivity contribution is -0.154. The normalized spacial score (nSPS) is 41.0. The van der Waals surface area contributed by atoms with E-state index in [1.54, 1.807) is 0 Å². The van der Waals surface area contributed by atoms with Crippen LogP contribution in [0.4, 0.5) is 0 Å². The van der Waals surface area contributed by atoms with Crippen molar-refractivity contribution in [3.8, 4) is 0 Å². The highest BCUT2D eigenvalue weighted by molar-refractivity contribution is 5.98. The summed E-state index contributed by atoms with van der Waals surface area (Å²) in [5.74, 6) is -2.04. The predicted octanol–water partition coefficient (Wildman–Crippen LogP) is 1.82. The van der Waals surface area contributed by atoms with Gasteiger partial charge in [-0.15, -0.1) is 0 Å². The highest BCUT2D eigenvalue weighted by Crippen LogP contribution is 2.65. The van der Waals surface area contributed by atoms with Crippen LogP contribution >= 0.6 is 0 Å². The molecule has 0 aromatic rings. The van der Waals surface area contributed by atoms with Gasteiger partial charge in [-0.2, -0.15) is 0 Å². The van der Waals surface area contributed by atoms with E-state index >= 15 is 0 Å². The first-order chi connectivity index (χ1) is 9.17. The van der Waals surface area contributed by atoms with Gasteiger partial charge in [0.2, 0.25) is 0 Å². The Morgan fingerprint density at radius 3 is 2.55 bits per heavy atom. The maximum Gasteiger partial charge on any atom is 0.318 e. The molecule has 2 fully saturated rings. The van der Waals surface area contributed by atoms with Crippen LogP contribution in [0, 0.1) is 28.6 Å². The molecule has 5 heteroatoms. The Hall–Kier alpha value is -1.65. The topological polar surface area (TPSA) is 69.7 Å². The van der Waals surface area contributed by atoms with E-state index in [9.17, 15) is 14.4 Å².